The molecule has 0 bridgehead atoms. The van der Waals surface area contributed by atoms with Gasteiger partial charge in [-0.1, -0.05) is 85.8 Å². The van der Waals surface area contributed by atoms with E-state index in [4.69, 9.17) is 0 Å². The molecule has 0 aliphatic rings. The van der Waals surface area contributed by atoms with Crippen molar-refractivity contribution in [3.05, 3.63) is 114 Å². The van der Waals surface area contributed by atoms with Crippen molar-refractivity contribution in [1.82, 2.24) is 5.32 Å². The first kappa shape index (κ1) is 22.0. The lowest BCUT2D eigenvalue weighted by Gasteiger charge is -2.16. The SMILES string of the molecule is C=CNCC.CC/C(=C(/c1ccc(C)cc1)c1ccc(O)cc1)c1ccccc1. The molecular weight excluding hydrogens is 354 g/mol. The number of hydrogen-bond acceptors (Lipinski definition) is 2. The highest BCUT2D eigenvalue weighted by atomic mass is 16.3. The van der Waals surface area contributed by atoms with Gasteiger partial charge in [-0.15, -0.1) is 0 Å². The molecule has 3 aromatic carbocycles. The summed E-state index contributed by atoms with van der Waals surface area (Å²) in [5.41, 5.74) is 7.35. The Kier molecular flexibility index (Phi) is 8.78. The first-order valence-corrected chi connectivity index (χ1v) is 10.1. The average Bonchev–Trinajstić information content (AvgIpc) is 2.75. The zero-order valence-corrected chi connectivity index (χ0v) is 17.7. The number of allylic oxidation sites excluding steroid dienone is 1. The number of benzene rings is 3. The highest BCUT2D eigenvalue weighted by molar-refractivity contribution is 5.98. The van der Waals surface area contributed by atoms with Crippen LogP contribution in [0.2, 0.25) is 0 Å². The number of phenols is 1. The molecule has 2 N–H and O–H groups in total. The second-order valence-corrected chi connectivity index (χ2v) is 6.75. The average molecular weight is 386 g/mol. The molecule has 0 amide bonds. The van der Waals surface area contributed by atoms with Crippen LogP contribution in [0.25, 0.3) is 11.1 Å². The minimum Gasteiger partial charge on any atom is -0.508 e. The summed E-state index contributed by atoms with van der Waals surface area (Å²) in [6, 6.07) is 26.6. The van der Waals surface area contributed by atoms with Gasteiger partial charge in [0.25, 0.3) is 0 Å². The van der Waals surface area contributed by atoms with Gasteiger partial charge in [0.15, 0.2) is 0 Å². The molecule has 0 spiro atoms. The second kappa shape index (κ2) is 11.6. The lowest BCUT2D eigenvalue weighted by molar-refractivity contribution is 0.475. The van der Waals surface area contributed by atoms with E-state index in [2.05, 4.69) is 74.3 Å². The fraction of sp³-hybridized carbons (Fsp3) is 0.185. The van der Waals surface area contributed by atoms with Crippen molar-refractivity contribution >= 4 is 11.1 Å². The molecule has 0 aromatic heterocycles. The number of phenolic OH excluding ortho intramolecular Hbond substituents is 1. The van der Waals surface area contributed by atoms with Gasteiger partial charge in [-0.3, -0.25) is 0 Å². The molecule has 0 radical (unpaired) electrons. The van der Waals surface area contributed by atoms with Crippen LogP contribution < -0.4 is 5.32 Å². The van der Waals surface area contributed by atoms with Crippen molar-refractivity contribution in [2.75, 3.05) is 6.54 Å². The monoisotopic (exact) mass is 385 g/mol. The maximum absolute atomic E-state index is 9.64. The molecule has 3 rings (SSSR count). The quantitative estimate of drug-likeness (QED) is 0.457. The molecule has 3 aromatic rings. The number of nitrogens with one attached hydrogen (secondary N) is 1. The standard InChI is InChI=1S/C23H22O.C4H9N/c1-3-22(18-7-5-4-6-8-18)23(19-11-9-17(2)10-12-19)20-13-15-21(24)16-14-20;1-3-5-4-2/h4-16,24H,3H2,1-2H3;3,5H,1,4H2,2H3/b23-22+;. The lowest BCUT2D eigenvalue weighted by Crippen LogP contribution is -1.99. The van der Waals surface area contributed by atoms with Crippen LogP contribution in [0.4, 0.5) is 0 Å². The first-order valence-electron chi connectivity index (χ1n) is 10.1. The highest BCUT2D eigenvalue weighted by Crippen LogP contribution is 2.34. The third-order valence-electron chi connectivity index (χ3n) is 4.62. The Morgan fingerprint density at radius 2 is 1.38 bits per heavy atom. The van der Waals surface area contributed by atoms with Crippen LogP contribution in [0.5, 0.6) is 5.75 Å². The number of aryl methyl sites for hydroxylation is 1. The molecule has 0 unspecified atom stereocenters. The van der Waals surface area contributed by atoms with E-state index in [-0.39, 0.29) is 0 Å². The van der Waals surface area contributed by atoms with Crippen LogP contribution in [0.15, 0.2) is 91.6 Å². The number of rotatable bonds is 6. The second-order valence-electron chi connectivity index (χ2n) is 6.75. The Morgan fingerprint density at radius 1 is 0.828 bits per heavy atom. The fourth-order valence-electron chi connectivity index (χ4n) is 3.17. The van der Waals surface area contributed by atoms with Crippen LogP contribution in [0.1, 0.15) is 42.5 Å². The molecule has 2 nitrogen and oxygen atoms in total. The zero-order chi connectivity index (χ0) is 21.1. The molecule has 0 atom stereocenters. The molecule has 2 heteroatoms. The van der Waals surface area contributed by atoms with Crippen LogP contribution in [0.3, 0.4) is 0 Å². The van der Waals surface area contributed by atoms with Gasteiger partial charge in [0.1, 0.15) is 5.75 Å². The van der Waals surface area contributed by atoms with E-state index >= 15 is 0 Å². The molecule has 29 heavy (non-hydrogen) atoms. The molecule has 150 valence electrons. The topological polar surface area (TPSA) is 32.3 Å². The number of hydrogen-bond donors (Lipinski definition) is 2. The molecule has 0 aliphatic heterocycles. The van der Waals surface area contributed by atoms with E-state index < -0.39 is 0 Å². The molecule has 0 fully saturated rings. The van der Waals surface area contributed by atoms with Crippen molar-refractivity contribution in [2.45, 2.75) is 27.2 Å². The summed E-state index contributed by atoms with van der Waals surface area (Å²) in [6.45, 7) is 10.7. The summed E-state index contributed by atoms with van der Waals surface area (Å²) in [5.74, 6) is 0.291. The van der Waals surface area contributed by atoms with Gasteiger partial charge in [-0.25, -0.2) is 0 Å². The van der Waals surface area contributed by atoms with E-state index in [1.54, 1.807) is 18.3 Å². The summed E-state index contributed by atoms with van der Waals surface area (Å²) in [7, 11) is 0. The Morgan fingerprint density at radius 3 is 1.83 bits per heavy atom. The van der Waals surface area contributed by atoms with Gasteiger partial charge in [-0.05, 0) is 66.4 Å². The Balaban J connectivity index is 0.000000537. The van der Waals surface area contributed by atoms with Crippen molar-refractivity contribution in [3.8, 4) is 5.75 Å². The molecular formula is C27H31NO. The predicted octanol–water partition coefficient (Wildman–Crippen LogP) is 6.81. The fourth-order valence-corrected chi connectivity index (χ4v) is 3.17. The van der Waals surface area contributed by atoms with Gasteiger partial charge >= 0.3 is 0 Å². The number of aromatic hydroxyl groups is 1. The summed E-state index contributed by atoms with van der Waals surface area (Å²) in [4.78, 5) is 0. The van der Waals surface area contributed by atoms with Crippen LogP contribution >= 0.6 is 0 Å². The van der Waals surface area contributed by atoms with Crippen LogP contribution in [-0.2, 0) is 0 Å². The Labute approximate surface area is 175 Å². The lowest BCUT2D eigenvalue weighted by atomic mass is 9.88. The van der Waals surface area contributed by atoms with Gasteiger partial charge in [0.05, 0.1) is 0 Å². The smallest absolute Gasteiger partial charge is 0.115 e. The third-order valence-corrected chi connectivity index (χ3v) is 4.62. The van der Waals surface area contributed by atoms with Crippen LogP contribution in [-0.4, -0.2) is 11.7 Å². The first-order chi connectivity index (χ1) is 14.1. The van der Waals surface area contributed by atoms with Gasteiger partial charge in [-0.2, -0.15) is 0 Å². The highest BCUT2D eigenvalue weighted by Gasteiger charge is 2.12. The molecule has 0 aliphatic carbocycles. The molecule has 0 saturated heterocycles. The summed E-state index contributed by atoms with van der Waals surface area (Å²) in [5, 5.41) is 12.5. The minimum atomic E-state index is 0.291. The maximum Gasteiger partial charge on any atom is 0.115 e. The van der Waals surface area contributed by atoms with Crippen LogP contribution in [0, 0.1) is 6.92 Å². The van der Waals surface area contributed by atoms with Crippen molar-refractivity contribution in [1.29, 1.82) is 0 Å². The third kappa shape index (κ3) is 6.39. The maximum atomic E-state index is 9.64. The molecule has 0 heterocycles. The summed E-state index contributed by atoms with van der Waals surface area (Å²) < 4.78 is 0. The van der Waals surface area contributed by atoms with E-state index in [0.29, 0.717) is 5.75 Å². The van der Waals surface area contributed by atoms with E-state index in [9.17, 15) is 5.11 Å². The van der Waals surface area contributed by atoms with Crippen molar-refractivity contribution in [2.24, 2.45) is 0 Å². The van der Waals surface area contributed by atoms with Gasteiger partial charge < -0.3 is 10.4 Å². The van der Waals surface area contributed by atoms with Crippen molar-refractivity contribution in [3.63, 3.8) is 0 Å². The van der Waals surface area contributed by atoms with E-state index in [1.807, 2.05) is 25.1 Å². The molecule has 0 saturated carbocycles. The largest absolute Gasteiger partial charge is 0.508 e. The predicted molar refractivity (Wildman–Crippen MR) is 126 cm³/mol. The van der Waals surface area contributed by atoms with Gasteiger partial charge in [0, 0.05) is 6.54 Å². The Hall–Kier alpha value is -3.26. The summed E-state index contributed by atoms with van der Waals surface area (Å²) >= 11 is 0. The van der Waals surface area contributed by atoms with E-state index in [0.717, 1.165) is 18.5 Å². The van der Waals surface area contributed by atoms with Crippen molar-refractivity contribution < 1.29 is 5.11 Å². The Bertz CT molecular complexity index is 860. The van der Waals surface area contributed by atoms with E-state index in [1.165, 1.54) is 27.8 Å². The zero-order valence-electron chi connectivity index (χ0n) is 17.7. The normalized spacial score (nSPS) is 11.0. The van der Waals surface area contributed by atoms with Gasteiger partial charge in [0.2, 0.25) is 0 Å². The minimum absolute atomic E-state index is 0.291. The summed E-state index contributed by atoms with van der Waals surface area (Å²) in [6.07, 6.45) is 2.62.